The fourth-order valence-electron chi connectivity index (χ4n) is 6.19. The van der Waals surface area contributed by atoms with Crippen LogP contribution in [0.25, 0.3) is 5.70 Å². The van der Waals surface area contributed by atoms with Crippen LogP contribution in [0.2, 0.25) is 0 Å². The Kier molecular flexibility index (Phi) is 20.6. The van der Waals surface area contributed by atoms with E-state index in [0.29, 0.717) is 30.6 Å². The minimum Gasteiger partial charge on any atom is -0.376 e. The molecular formula is C39H58F11NO. The van der Waals surface area contributed by atoms with Crippen LogP contribution in [0.3, 0.4) is 0 Å². The lowest BCUT2D eigenvalue weighted by molar-refractivity contribution is -0.424. The van der Waals surface area contributed by atoms with E-state index >= 15 is 17.6 Å². The van der Waals surface area contributed by atoms with Crippen molar-refractivity contribution >= 4 is 5.70 Å². The number of unbranched alkanes of at least 4 members (excludes halogenated alkanes) is 18. The van der Waals surface area contributed by atoms with Gasteiger partial charge < -0.3 is 10.0 Å². The van der Waals surface area contributed by atoms with Gasteiger partial charge in [0, 0.05) is 23.9 Å². The van der Waals surface area contributed by atoms with Crippen molar-refractivity contribution in [2.24, 2.45) is 0 Å². The van der Waals surface area contributed by atoms with Gasteiger partial charge >= 0.3 is 29.9 Å². The van der Waals surface area contributed by atoms with E-state index in [2.05, 4.69) is 13.0 Å². The highest BCUT2D eigenvalue weighted by Crippen LogP contribution is 2.61. The zero-order valence-corrected chi connectivity index (χ0v) is 31.0. The molecule has 0 aliphatic rings. The molecule has 0 fully saturated rings. The zero-order chi connectivity index (χ0) is 39.6. The van der Waals surface area contributed by atoms with E-state index < -0.39 is 65.4 Å². The molecule has 0 amide bonds. The van der Waals surface area contributed by atoms with Gasteiger partial charge in [-0.25, -0.2) is 0 Å². The molecule has 0 spiro atoms. The van der Waals surface area contributed by atoms with Gasteiger partial charge in [-0.05, 0) is 49.5 Å². The van der Waals surface area contributed by atoms with Crippen molar-refractivity contribution in [3.05, 3.63) is 41.0 Å². The summed E-state index contributed by atoms with van der Waals surface area (Å²) in [6, 6.07) is 3.45. The number of halogens is 11. The van der Waals surface area contributed by atoms with Gasteiger partial charge in [0.05, 0.1) is 0 Å². The molecule has 302 valence electrons. The second kappa shape index (κ2) is 22.4. The van der Waals surface area contributed by atoms with Crippen molar-refractivity contribution in [2.75, 3.05) is 13.8 Å². The summed E-state index contributed by atoms with van der Waals surface area (Å²) in [6.45, 7) is 9.08. The summed E-state index contributed by atoms with van der Waals surface area (Å²) in [7, 11) is 1.05. The smallest absolute Gasteiger partial charge is 0.376 e. The van der Waals surface area contributed by atoms with Crippen LogP contribution in [0.1, 0.15) is 165 Å². The number of aryl methyl sites for hydroxylation is 2. The Balaban J connectivity index is 3.24. The van der Waals surface area contributed by atoms with Crippen molar-refractivity contribution in [3.8, 4) is 0 Å². The number of alkyl halides is 11. The molecule has 0 saturated heterocycles. The predicted molar refractivity (Wildman–Crippen MR) is 184 cm³/mol. The highest BCUT2D eigenvalue weighted by Gasteiger charge is 2.87. The van der Waals surface area contributed by atoms with Crippen LogP contribution in [0.5, 0.6) is 0 Å². The van der Waals surface area contributed by atoms with Gasteiger partial charge in [0.2, 0.25) is 0 Å². The topological polar surface area (TPSA) is 23.5 Å². The summed E-state index contributed by atoms with van der Waals surface area (Å²) in [5.74, 6) is -28.6. The molecule has 0 atom stereocenters. The van der Waals surface area contributed by atoms with Gasteiger partial charge in [-0.15, -0.1) is 0 Å². The SMILES string of the molecule is [CH]=C(c1[c]c(CCCCCC)cc(CCCCCCCCCCCCCCCCCC)c1C(F)(F)C(F)(F)C(F)(F)C(F)(F)C(F)(F)F)N(C)CO. The molecule has 2 radical (unpaired) electrons. The lowest BCUT2D eigenvalue weighted by Gasteiger charge is -2.39. The molecule has 0 aromatic heterocycles. The first-order valence-electron chi connectivity index (χ1n) is 18.9. The van der Waals surface area contributed by atoms with E-state index in [1.54, 1.807) is 0 Å². The molecule has 1 N–H and O–H groups in total. The van der Waals surface area contributed by atoms with Gasteiger partial charge in [0.1, 0.15) is 6.73 Å². The molecule has 52 heavy (non-hydrogen) atoms. The maximum absolute atomic E-state index is 15.9. The molecule has 2 nitrogen and oxygen atoms in total. The van der Waals surface area contributed by atoms with E-state index in [0.717, 1.165) is 58.1 Å². The van der Waals surface area contributed by atoms with Crippen molar-refractivity contribution in [1.82, 2.24) is 4.90 Å². The van der Waals surface area contributed by atoms with Crippen LogP contribution < -0.4 is 0 Å². The summed E-state index contributed by atoms with van der Waals surface area (Å²) < 4.78 is 157. The van der Waals surface area contributed by atoms with E-state index in [1.807, 2.05) is 6.92 Å². The number of hydrogen-bond acceptors (Lipinski definition) is 2. The van der Waals surface area contributed by atoms with Crippen LogP contribution in [0.4, 0.5) is 48.3 Å². The maximum atomic E-state index is 15.9. The maximum Gasteiger partial charge on any atom is 0.460 e. The quantitative estimate of drug-likeness (QED) is 0.0499. The minimum atomic E-state index is -7.57. The summed E-state index contributed by atoms with van der Waals surface area (Å²) in [5, 5.41) is 9.58. The molecular weight excluding hydrogens is 707 g/mol. The minimum absolute atomic E-state index is 0.108. The lowest BCUT2D eigenvalue weighted by atomic mass is 9.83. The highest BCUT2D eigenvalue weighted by atomic mass is 19.4. The van der Waals surface area contributed by atoms with E-state index in [-0.39, 0.29) is 18.4 Å². The van der Waals surface area contributed by atoms with Crippen LogP contribution in [0, 0.1) is 12.6 Å². The molecule has 0 unspecified atom stereocenters. The lowest BCUT2D eigenvalue weighted by Crippen LogP contribution is -2.65. The molecule has 13 heteroatoms. The average Bonchev–Trinajstić information content (AvgIpc) is 3.08. The van der Waals surface area contributed by atoms with Gasteiger partial charge in [-0.2, -0.15) is 48.3 Å². The Morgan fingerprint density at radius 3 is 1.38 bits per heavy atom. The van der Waals surface area contributed by atoms with Crippen molar-refractivity contribution in [2.45, 2.75) is 185 Å². The van der Waals surface area contributed by atoms with E-state index in [4.69, 9.17) is 6.58 Å². The molecule has 0 bridgehead atoms. The third kappa shape index (κ3) is 13.1. The van der Waals surface area contributed by atoms with Crippen molar-refractivity contribution in [1.29, 1.82) is 0 Å². The van der Waals surface area contributed by atoms with Crippen LogP contribution in [0.15, 0.2) is 6.07 Å². The van der Waals surface area contributed by atoms with Crippen molar-refractivity contribution in [3.63, 3.8) is 0 Å². The Hall–Kier alpha value is -2.05. The predicted octanol–water partition coefficient (Wildman–Crippen LogP) is 13.6. The Morgan fingerprint density at radius 2 is 0.981 bits per heavy atom. The third-order valence-corrected chi connectivity index (χ3v) is 9.54. The van der Waals surface area contributed by atoms with E-state index in [1.165, 1.54) is 51.4 Å². The highest BCUT2D eigenvalue weighted by molar-refractivity contribution is 5.67. The average molecular weight is 766 g/mol. The molecule has 0 aliphatic carbocycles. The molecule has 1 aromatic rings. The first kappa shape index (κ1) is 48.0. The Bertz CT molecular complexity index is 1170. The Morgan fingerprint density at radius 1 is 0.596 bits per heavy atom. The van der Waals surface area contributed by atoms with Crippen LogP contribution >= 0.6 is 0 Å². The number of benzene rings is 1. The van der Waals surface area contributed by atoms with Crippen LogP contribution in [-0.4, -0.2) is 47.7 Å². The summed E-state index contributed by atoms with van der Waals surface area (Å²) in [4.78, 5) is 0.700. The van der Waals surface area contributed by atoms with E-state index in [9.17, 15) is 35.8 Å². The van der Waals surface area contributed by atoms with Crippen LogP contribution in [-0.2, 0) is 18.8 Å². The normalized spacial score (nSPS) is 13.2. The number of hydrogen-bond donors (Lipinski definition) is 1. The summed E-state index contributed by atoms with van der Waals surface area (Å²) in [6.07, 6.45) is 11.4. The zero-order valence-electron chi connectivity index (χ0n) is 31.0. The number of aliphatic hydroxyl groups excluding tert-OH is 1. The molecule has 0 saturated carbocycles. The first-order valence-corrected chi connectivity index (χ1v) is 18.9. The Labute approximate surface area is 303 Å². The van der Waals surface area contributed by atoms with Gasteiger partial charge in [-0.3, -0.25) is 0 Å². The number of nitrogens with zero attached hydrogens (tertiary/aromatic N) is 1. The fraction of sp³-hybridized carbons (Fsp3) is 0.795. The first-order chi connectivity index (χ1) is 24.3. The summed E-state index contributed by atoms with van der Waals surface area (Å²) >= 11 is 0. The largest absolute Gasteiger partial charge is 0.460 e. The van der Waals surface area contributed by atoms with Crippen molar-refractivity contribution < 1.29 is 53.4 Å². The second-order valence-electron chi connectivity index (χ2n) is 14.0. The standard InChI is InChI=1S/C39H58F11NO/c1-5-7-9-11-12-13-14-15-16-17-18-19-20-21-22-24-26-32-27-31(25-23-10-8-6-2)28-33(30(3)51(4)29-52)34(32)35(40,41)36(42,43)37(44,45)38(46,47)39(48,49)50/h3,27,52H,5-26,29H2,1-2,4H3. The second-order valence-corrected chi connectivity index (χ2v) is 14.0. The monoisotopic (exact) mass is 765 g/mol. The van der Waals surface area contributed by atoms with Gasteiger partial charge in [-0.1, -0.05) is 135 Å². The van der Waals surface area contributed by atoms with Gasteiger partial charge in [0.15, 0.2) is 0 Å². The fourth-order valence-corrected chi connectivity index (χ4v) is 6.19. The summed E-state index contributed by atoms with van der Waals surface area (Å²) in [5.41, 5.74) is -4.29. The number of aliphatic hydroxyl groups is 1. The molecule has 0 aliphatic heterocycles. The number of rotatable bonds is 29. The van der Waals surface area contributed by atoms with Gasteiger partial charge in [0.25, 0.3) is 0 Å². The third-order valence-electron chi connectivity index (χ3n) is 9.54. The molecule has 1 aromatic carbocycles. The molecule has 0 heterocycles. The molecule has 1 rings (SSSR count).